The maximum absolute atomic E-state index is 13.6. The summed E-state index contributed by atoms with van der Waals surface area (Å²) in [6.07, 6.45) is -4.56. The van der Waals surface area contributed by atoms with E-state index in [-0.39, 0.29) is 11.4 Å². The van der Waals surface area contributed by atoms with Crippen LogP contribution in [0, 0.1) is 13.8 Å². The molecule has 2 heterocycles. The number of rotatable bonds is 7. The zero-order chi connectivity index (χ0) is 28.2. The van der Waals surface area contributed by atoms with Gasteiger partial charge in [-0.05, 0) is 61.9 Å². The first-order chi connectivity index (χ1) is 18.5. The van der Waals surface area contributed by atoms with Gasteiger partial charge in [-0.1, -0.05) is 18.1 Å². The maximum atomic E-state index is 13.6. The molecule has 4 rings (SSSR count). The van der Waals surface area contributed by atoms with Gasteiger partial charge in [0.25, 0.3) is 5.91 Å². The number of benzene rings is 2. The summed E-state index contributed by atoms with van der Waals surface area (Å²) in [6, 6.07) is 9.24. The summed E-state index contributed by atoms with van der Waals surface area (Å²) in [6.45, 7) is 10.1. The lowest BCUT2D eigenvalue weighted by Crippen LogP contribution is -2.45. The third kappa shape index (κ3) is 7.58. The van der Waals surface area contributed by atoms with E-state index < -0.39 is 23.7 Å². The van der Waals surface area contributed by atoms with E-state index in [2.05, 4.69) is 37.8 Å². The van der Waals surface area contributed by atoms with Crippen LogP contribution in [0.2, 0.25) is 0 Å². The minimum Gasteiger partial charge on any atom is -0.361 e. The summed E-state index contributed by atoms with van der Waals surface area (Å²) in [4.78, 5) is 29.6. The smallest absolute Gasteiger partial charge is 0.361 e. The molecule has 0 saturated carbocycles. The minimum atomic E-state index is -4.56. The van der Waals surface area contributed by atoms with Crippen LogP contribution in [0.4, 0.5) is 35.0 Å². The molecule has 2 aromatic carbocycles. The molecule has 1 fully saturated rings. The van der Waals surface area contributed by atoms with Crippen molar-refractivity contribution in [1.29, 1.82) is 0 Å². The van der Waals surface area contributed by atoms with E-state index in [1.165, 1.54) is 6.07 Å². The van der Waals surface area contributed by atoms with Gasteiger partial charge in [-0.15, -0.1) is 0 Å². The SMILES string of the molecule is CCN1CCN(Cc2cc(NC(=O)Nc3ccc(C)c(NC(=O)c4cc(C)on4)c3)cc(C(F)(F)F)c2)CC1. The summed E-state index contributed by atoms with van der Waals surface area (Å²) < 4.78 is 45.8. The number of hydrogen-bond donors (Lipinski definition) is 3. The van der Waals surface area contributed by atoms with E-state index in [1.807, 2.05) is 0 Å². The Labute approximate surface area is 224 Å². The predicted molar refractivity (Wildman–Crippen MR) is 142 cm³/mol. The number of amides is 3. The van der Waals surface area contributed by atoms with E-state index in [1.54, 1.807) is 38.1 Å². The highest BCUT2D eigenvalue weighted by Gasteiger charge is 2.31. The van der Waals surface area contributed by atoms with Crippen molar-refractivity contribution in [2.75, 3.05) is 48.7 Å². The summed E-state index contributed by atoms with van der Waals surface area (Å²) in [7, 11) is 0. The van der Waals surface area contributed by atoms with Gasteiger partial charge < -0.3 is 25.4 Å². The second-order valence-corrected chi connectivity index (χ2v) is 9.51. The fraction of sp³-hybridized carbons (Fsp3) is 0.370. The van der Waals surface area contributed by atoms with Crippen molar-refractivity contribution < 1.29 is 27.3 Å². The lowest BCUT2D eigenvalue weighted by molar-refractivity contribution is -0.137. The van der Waals surface area contributed by atoms with E-state index in [9.17, 15) is 22.8 Å². The van der Waals surface area contributed by atoms with Crippen molar-refractivity contribution >= 4 is 29.0 Å². The molecule has 208 valence electrons. The molecular formula is C27H31F3N6O3. The molecule has 12 heteroatoms. The molecule has 0 bridgehead atoms. The molecule has 0 spiro atoms. The highest BCUT2D eigenvalue weighted by atomic mass is 19.4. The summed E-state index contributed by atoms with van der Waals surface area (Å²) in [5, 5.41) is 11.5. The number of carbonyl (C=O) groups excluding carboxylic acids is 2. The standard InChI is InChI=1S/C27H31F3N6O3/c1-4-35-7-9-36(10-8-35)16-19-12-20(27(28,29)30)14-22(13-19)32-26(38)31-21-6-5-17(2)23(15-21)33-25(37)24-11-18(3)39-34-24/h5-6,11-15H,4,7-10,16H2,1-3H3,(H,33,37)(H2,31,32,38). The van der Waals surface area contributed by atoms with Gasteiger partial charge in [0, 0.05) is 55.9 Å². The Hall–Kier alpha value is -3.90. The maximum Gasteiger partial charge on any atom is 0.416 e. The molecule has 1 aliphatic heterocycles. The lowest BCUT2D eigenvalue weighted by Gasteiger charge is -2.34. The molecule has 0 aliphatic carbocycles. The number of likely N-dealkylation sites (N-methyl/N-ethyl adjacent to an activating group) is 1. The monoisotopic (exact) mass is 544 g/mol. The molecule has 3 amide bonds. The van der Waals surface area contributed by atoms with Gasteiger partial charge in [0.1, 0.15) is 5.76 Å². The Morgan fingerprint density at radius 2 is 1.62 bits per heavy atom. The Morgan fingerprint density at radius 1 is 0.923 bits per heavy atom. The van der Waals surface area contributed by atoms with E-state index >= 15 is 0 Å². The van der Waals surface area contributed by atoms with Gasteiger partial charge in [0.05, 0.1) is 5.56 Å². The normalized spacial score (nSPS) is 14.7. The third-order valence-electron chi connectivity index (χ3n) is 6.50. The average Bonchev–Trinajstić information content (AvgIpc) is 3.32. The zero-order valence-electron chi connectivity index (χ0n) is 22.0. The number of aryl methyl sites for hydroxylation is 2. The van der Waals surface area contributed by atoms with E-state index in [0.29, 0.717) is 29.2 Å². The highest BCUT2D eigenvalue weighted by molar-refractivity contribution is 6.04. The molecule has 3 N–H and O–H groups in total. The number of alkyl halides is 3. The number of hydrogen-bond acceptors (Lipinski definition) is 6. The first-order valence-electron chi connectivity index (χ1n) is 12.6. The van der Waals surface area contributed by atoms with Crippen molar-refractivity contribution in [3.63, 3.8) is 0 Å². The fourth-order valence-corrected chi connectivity index (χ4v) is 4.33. The molecule has 0 radical (unpaired) electrons. The molecular weight excluding hydrogens is 513 g/mol. The van der Waals surface area contributed by atoms with Crippen molar-refractivity contribution in [2.45, 2.75) is 33.5 Å². The van der Waals surface area contributed by atoms with Gasteiger partial charge in [-0.25, -0.2) is 4.79 Å². The Kier molecular flexibility index (Phi) is 8.56. The molecule has 1 aliphatic rings. The Morgan fingerprint density at radius 3 is 2.26 bits per heavy atom. The first-order valence-corrected chi connectivity index (χ1v) is 12.6. The van der Waals surface area contributed by atoms with Gasteiger partial charge >= 0.3 is 12.2 Å². The minimum absolute atomic E-state index is 0.0339. The number of nitrogens with one attached hydrogen (secondary N) is 3. The van der Waals surface area contributed by atoms with Crippen molar-refractivity contribution in [3.05, 3.63) is 70.6 Å². The van der Waals surface area contributed by atoms with Crippen LogP contribution < -0.4 is 16.0 Å². The van der Waals surface area contributed by atoms with Crippen LogP contribution in [0.3, 0.4) is 0 Å². The van der Waals surface area contributed by atoms with Crippen LogP contribution in [0.15, 0.2) is 47.0 Å². The van der Waals surface area contributed by atoms with Crippen molar-refractivity contribution in [2.24, 2.45) is 0 Å². The molecule has 1 saturated heterocycles. The molecule has 39 heavy (non-hydrogen) atoms. The lowest BCUT2D eigenvalue weighted by atomic mass is 10.1. The third-order valence-corrected chi connectivity index (χ3v) is 6.50. The molecule has 0 unspecified atom stereocenters. The topological polar surface area (TPSA) is 103 Å². The van der Waals surface area contributed by atoms with Crippen LogP contribution in [-0.2, 0) is 12.7 Å². The van der Waals surface area contributed by atoms with Crippen molar-refractivity contribution in [1.82, 2.24) is 15.0 Å². The van der Waals surface area contributed by atoms with Crippen LogP contribution in [0.5, 0.6) is 0 Å². The molecule has 9 nitrogen and oxygen atoms in total. The van der Waals surface area contributed by atoms with Gasteiger partial charge in [-0.2, -0.15) is 13.2 Å². The zero-order valence-corrected chi connectivity index (χ0v) is 22.0. The fourth-order valence-electron chi connectivity index (χ4n) is 4.33. The van der Waals surface area contributed by atoms with Crippen LogP contribution in [0.1, 0.15) is 39.9 Å². The Bertz CT molecular complexity index is 1330. The second kappa shape index (κ2) is 11.9. The predicted octanol–water partition coefficient (Wildman–Crippen LogP) is 5.34. The molecule has 3 aromatic rings. The number of urea groups is 1. The van der Waals surface area contributed by atoms with Crippen LogP contribution in [0.25, 0.3) is 0 Å². The van der Waals surface area contributed by atoms with E-state index in [4.69, 9.17) is 4.52 Å². The number of piperazine rings is 1. The number of nitrogens with zero attached hydrogens (tertiary/aromatic N) is 3. The van der Waals surface area contributed by atoms with Gasteiger partial charge in [-0.3, -0.25) is 9.69 Å². The van der Waals surface area contributed by atoms with Crippen LogP contribution >= 0.6 is 0 Å². The summed E-state index contributed by atoms with van der Waals surface area (Å²) in [5.74, 6) is 0.00457. The second-order valence-electron chi connectivity index (χ2n) is 9.51. The van der Waals surface area contributed by atoms with E-state index in [0.717, 1.165) is 50.4 Å². The number of anilines is 3. The number of halogens is 3. The first kappa shape index (κ1) is 28.1. The highest BCUT2D eigenvalue weighted by Crippen LogP contribution is 2.32. The van der Waals surface area contributed by atoms with Crippen molar-refractivity contribution in [3.8, 4) is 0 Å². The largest absolute Gasteiger partial charge is 0.416 e. The number of aromatic nitrogens is 1. The van der Waals surface area contributed by atoms with Gasteiger partial charge in [0.15, 0.2) is 5.69 Å². The van der Waals surface area contributed by atoms with Gasteiger partial charge in [0.2, 0.25) is 0 Å². The number of carbonyl (C=O) groups is 2. The van der Waals surface area contributed by atoms with Crippen LogP contribution in [-0.4, -0.2) is 59.6 Å². The summed E-state index contributed by atoms with van der Waals surface area (Å²) >= 11 is 0. The quantitative estimate of drug-likeness (QED) is 0.371. The average molecular weight is 545 g/mol. The molecule has 0 atom stereocenters. The Balaban J connectivity index is 1.45. The summed E-state index contributed by atoms with van der Waals surface area (Å²) in [5.41, 5.74) is 1.28. The molecule has 1 aromatic heterocycles.